The van der Waals surface area contributed by atoms with Crippen LogP contribution in [-0.4, -0.2) is 43.4 Å². The standard InChI is InChI=1S/C19H18N6O3/c1-25-11-13(16(24-25)15-10-21-7-8-22-15)19(28)23-14(17(26)18(20)27)9-12-5-3-2-4-6-12/h2-8,10-11,14H,9H2,1H3,(H2,20,27)(H,23,28)/t14-/m0/s1. The first-order chi connectivity index (χ1) is 13.5. The van der Waals surface area contributed by atoms with Crippen molar-refractivity contribution < 1.29 is 14.4 Å². The van der Waals surface area contributed by atoms with Gasteiger partial charge in [0.1, 0.15) is 17.4 Å². The van der Waals surface area contributed by atoms with Crippen molar-refractivity contribution >= 4 is 17.6 Å². The minimum absolute atomic E-state index is 0.134. The maximum Gasteiger partial charge on any atom is 0.287 e. The molecular formula is C19H18N6O3. The van der Waals surface area contributed by atoms with Crippen LogP contribution in [0.15, 0.2) is 55.1 Å². The van der Waals surface area contributed by atoms with E-state index in [-0.39, 0.29) is 12.0 Å². The van der Waals surface area contributed by atoms with Crippen molar-refractivity contribution in [1.29, 1.82) is 0 Å². The number of aryl methyl sites for hydroxylation is 1. The highest BCUT2D eigenvalue weighted by Gasteiger charge is 2.28. The summed E-state index contributed by atoms with van der Waals surface area (Å²) < 4.78 is 1.46. The zero-order chi connectivity index (χ0) is 20.1. The summed E-state index contributed by atoms with van der Waals surface area (Å²) in [7, 11) is 1.66. The maximum absolute atomic E-state index is 12.9. The van der Waals surface area contributed by atoms with Gasteiger partial charge < -0.3 is 11.1 Å². The monoisotopic (exact) mass is 378 g/mol. The topological polar surface area (TPSA) is 133 Å². The molecule has 3 N–H and O–H groups in total. The van der Waals surface area contributed by atoms with E-state index in [0.29, 0.717) is 11.4 Å². The number of ketones is 1. The predicted molar refractivity (Wildman–Crippen MR) is 99.8 cm³/mol. The molecular weight excluding hydrogens is 360 g/mol. The Hall–Kier alpha value is -3.88. The Kier molecular flexibility index (Phi) is 5.54. The van der Waals surface area contributed by atoms with Crippen LogP contribution in [0.2, 0.25) is 0 Å². The SMILES string of the molecule is Cn1cc(C(=O)N[C@@H](Cc2ccccc2)C(=O)C(N)=O)c(-c2cnccn2)n1. The minimum atomic E-state index is -1.11. The van der Waals surface area contributed by atoms with Gasteiger partial charge in [-0.1, -0.05) is 30.3 Å². The van der Waals surface area contributed by atoms with Gasteiger partial charge in [0, 0.05) is 32.1 Å². The van der Waals surface area contributed by atoms with E-state index in [9.17, 15) is 14.4 Å². The molecule has 28 heavy (non-hydrogen) atoms. The number of nitrogens with one attached hydrogen (secondary N) is 1. The van der Waals surface area contributed by atoms with Gasteiger partial charge in [0.25, 0.3) is 11.8 Å². The number of nitrogens with zero attached hydrogens (tertiary/aromatic N) is 4. The highest BCUT2D eigenvalue weighted by molar-refractivity contribution is 6.38. The van der Waals surface area contributed by atoms with Crippen LogP contribution in [0.5, 0.6) is 0 Å². The van der Waals surface area contributed by atoms with Gasteiger partial charge in [-0.3, -0.25) is 29.0 Å². The summed E-state index contributed by atoms with van der Waals surface area (Å²) in [5, 5.41) is 6.85. The summed E-state index contributed by atoms with van der Waals surface area (Å²) in [4.78, 5) is 44.7. The number of amides is 2. The lowest BCUT2D eigenvalue weighted by Gasteiger charge is -2.16. The first kappa shape index (κ1) is 18.9. The van der Waals surface area contributed by atoms with Crippen molar-refractivity contribution in [3.05, 3.63) is 66.2 Å². The first-order valence-corrected chi connectivity index (χ1v) is 8.44. The first-order valence-electron chi connectivity index (χ1n) is 8.44. The molecule has 2 amide bonds. The Morgan fingerprint density at radius 2 is 1.93 bits per heavy atom. The second-order valence-corrected chi connectivity index (χ2v) is 6.10. The third-order valence-electron chi connectivity index (χ3n) is 4.03. The molecule has 0 aliphatic rings. The zero-order valence-electron chi connectivity index (χ0n) is 15.1. The molecule has 3 rings (SSSR count). The van der Waals surface area contributed by atoms with E-state index < -0.39 is 23.6 Å². The van der Waals surface area contributed by atoms with Crippen LogP contribution in [0, 0.1) is 0 Å². The molecule has 9 heteroatoms. The van der Waals surface area contributed by atoms with Gasteiger partial charge in [0.05, 0.1) is 11.8 Å². The zero-order valence-corrected chi connectivity index (χ0v) is 15.1. The van der Waals surface area contributed by atoms with Gasteiger partial charge >= 0.3 is 0 Å². The highest BCUT2D eigenvalue weighted by Crippen LogP contribution is 2.19. The largest absolute Gasteiger partial charge is 0.363 e. The lowest BCUT2D eigenvalue weighted by molar-refractivity contribution is -0.137. The number of aromatic nitrogens is 4. The van der Waals surface area contributed by atoms with Crippen molar-refractivity contribution in [2.75, 3.05) is 0 Å². The predicted octanol–water partition coefficient (Wildman–Crippen LogP) is 0.273. The number of nitrogens with two attached hydrogens (primary N) is 1. The molecule has 0 spiro atoms. The molecule has 0 bridgehead atoms. The average Bonchev–Trinajstić information content (AvgIpc) is 3.10. The molecule has 0 fully saturated rings. The molecule has 0 unspecified atom stereocenters. The van der Waals surface area contributed by atoms with Crippen LogP contribution in [0.1, 0.15) is 15.9 Å². The summed E-state index contributed by atoms with van der Waals surface area (Å²) in [5.41, 5.74) is 6.87. The Balaban J connectivity index is 1.88. The van der Waals surface area contributed by atoms with Crippen LogP contribution < -0.4 is 11.1 Å². The van der Waals surface area contributed by atoms with Gasteiger partial charge in [-0.15, -0.1) is 0 Å². The van der Waals surface area contributed by atoms with Crippen molar-refractivity contribution in [3.63, 3.8) is 0 Å². The molecule has 0 radical (unpaired) electrons. The van der Waals surface area contributed by atoms with E-state index in [1.165, 1.54) is 29.5 Å². The van der Waals surface area contributed by atoms with Crippen molar-refractivity contribution in [1.82, 2.24) is 25.1 Å². The summed E-state index contributed by atoms with van der Waals surface area (Å²) in [6.45, 7) is 0. The Labute approximate surface area is 160 Å². The van der Waals surface area contributed by atoms with Gasteiger partial charge in [0.2, 0.25) is 5.78 Å². The van der Waals surface area contributed by atoms with Gasteiger partial charge in [-0.25, -0.2) is 0 Å². The van der Waals surface area contributed by atoms with Crippen LogP contribution in [0.3, 0.4) is 0 Å². The number of hydrogen-bond donors (Lipinski definition) is 2. The van der Waals surface area contributed by atoms with Crippen LogP contribution >= 0.6 is 0 Å². The smallest absolute Gasteiger partial charge is 0.287 e. The maximum atomic E-state index is 12.9. The fraction of sp³-hybridized carbons (Fsp3) is 0.158. The molecule has 142 valence electrons. The van der Waals surface area contributed by atoms with E-state index in [1.54, 1.807) is 31.3 Å². The number of rotatable bonds is 7. The minimum Gasteiger partial charge on any atom is -0.363 e. The lowest BCUT2D eigenvalue weighted by atomic mass is 10.0. The van der Waals surface area contributed by atoms with Crippen molar-refractivity contribution in [2.45, 2.75) is 12.5 Å². The molecule has 0 saturated heterocycles. The Morgan fingerprint density at radius 1 is 1.18 bits per heavy atom. The Bertz CT molecular complexity index is 1000. The molecule has 1 atom stereocenters. The number of carbonyl (C=O) groups excluding carboxylic acids is 3. The number of carbonyl (C=O) groups is 3. The lowest BCUT2D eigenvalue weighted by Crippen LogP contribution is -2.47. The van der Waals surface area contributed by atoms with Crippen molar-refractivity contribution in [2.24, 2.45) is 12.8 Å². The molecule has 0 aliphatic heterocycles. The molecule has 2 heterocycles. The van der Waals surface area contributed by atoms with Crippen LogP contribution in [-0.2, 0) is 23.1 Å². The molecule has 2 aromatic heterocycles. The fourth-order valence-corrected chi connectivity index (χ4v) is 2.73. The number of benzene rings is 1. The van der Waals surface area contributed by atoms with Gasteiger partial charge in [0.15, 0.2) is 0 Å². The highest BCUT2D eigenvalue weighted by atomic mass is 16.2. The number of hydrogen-bond acceptors (Lipinski definition) is 6. The quantitative estimate of drug-likeness (QED) is 0.567. The summed E-state index contributed by atoms with van der Waals surface area (Å²) in [5.74, 6) is -2.55. The van der Waals surface area contributed by atoms with Crippen molar-refractivity contribution in [3.8, 4) is 11.4 Å². The number of primary amides is 1. The average molecular weight is 378 g/mol. The van der Waals surface area contributed by atoms with E-state index in [0.717, 1.165) is 5.56 Å². The normalized spacial score (nSPS) is 11.6. The van der Waals surface area contributed by atoms with E-state index in [4.69, 9.17) is 5.73 Å². The third kappa shape index (κ3) is 4.26. The summed E-state index contributed by atoms with van der Waals surface area (Å²) >= 11 is 0. The van der Waals surface area contributed by atoms with E-state index in [2.05, 4.69) is 20.4 Å². The molecule has 9 nitrogen and oxygen atoms in total. The van der Waals surface area contributed by atoms with E-state index in [1.807, 2.05) is 6.07 Å². The molecule has 0 aliphatic carbocycles. The second-order valence-electron chi connectivity index (χ2n) is 6.10. The molecule has 3 aromatic rings. The third-order valence-corrected chi connectivity index (χ3v) is 4.03. The van der Waals surface area contributed by atoms with Gasteiger partial charge in [-0.05, 0) is 5.56 Å². The summed E-state index contributed by atoms with van der Waals surface area (Å²) in [6, 6.07) is 7.93. The van der Waals surface area contributed by atoms with Crippen LogP contribution in [0.4, 0.5) is 0 Å². The van der Waals surface area contributed by atoms with E-state index >= 15 is 0 Å². The number of Topliss-reactive ketones (excluding diaryl/α,β-unsaturated/α-hetero) is 1. The van der Waals surface area contributed by atoms with Gasteiger partial charge in [-0.2, -0.15) is 5.10 Å². The summed E-state index contributed by atoms with van der Waals surface area (Å²) in [6.07, 6.45) is 6.12. The Morgan fingerprint density at radius 3 is 2.57 bits per heavy atom. The fourth-order valence-electron chi connectivity index (χ4n) is 2.73. The second kappa shape index (κ2) is 8.21. The molecule has 1 aromatic carbocycles. The van der Waals surface area contributed by atoms with Crippen LogP contribution in [0.25, 0.3) is 11.4 Å². The molecule has 0 saturated carbocycles.